The minimum absolute atomic E-state index is 0.466. The molecular weight excluding hydrogens is 138 g/mol. The summed E-state index contributed by atoms with van der Waals surface area (Å²) in [5.74, 6) is 0. The maximum atomic E-state index is 10.4. The number of rotatable bonds is 3. The first kappa shape index (κ1) is 8.50. The number of nitrogens with zero attached hydrogens (tertiary/aromatic N) is 1. The minimum Gasteiger partial charge on any atom is -0.306 e. The van der Waals surface area contributed by atoms with Crippen molar-refractivity contribution < 1.29 is 4.79 Å². The van der Waals surface area contributed by atoms with Gasteiger partial charge in [-0.2, -0.15) is 0 Å². The molecule has 0 aliphatic carbocycles. The highest BCUT2D eigenvalue weighted by Crippen LogP contribution is 1.97. The van der Waals surface area contributed by atoms with Crippen LogP contribution in [0.4, 0.5) is 4.79 Å². The lowest BCUT2D eigenvalue weighted by Crippen LogP contribution is -2.19. The largest absolute Gasteiger partial charge is 0.320 e. The predicted molar refractivity (Wildman–Crippen MR) is 38.4 cm³/mol. The molecule has 0 aromatic carbocycles. The molecule has 3 heteroatoms. The van der Waals surface area contributed by atoms with Crippen molar-refractivity contribution in [1.29, 1.82) is 0 Å². The van der Waals surface area contributed by atoms with Crippen molar-refractivity contribution in [3.05, 3.63) is 12.8 Å². The SMILES string of the molecule is C=CN(CCC)C(=O)Cl. The van der Waals surface area contributed by atoms with Gasteiger partial charge in [-0.1, -0.05) is 13.5 Å². The smallest absolute Gasteiger partial charge is 0.306 e. The maximum Gasteiger partial charge on any atom is 0.320 e. The first-order valence-electron chi connectivity index (χ1n) is 2.81. The Morgan fingerprint density at radius 3 is 2.56 bits per heavy atom. The Labute approximate surface area is 60.1 Å². The first-order chi connectivity index (χ1) is 4.22. The molecule has 0 rings (SSSR count). The summed E-state index contributed by atoms with van der Waals surface area (Å²) in [4.78, 5) is 11.7. The van der Waals surface area contributed by atoms with Gasteiger partial charge >= 0.3 is 5.37 Å². The highest BCUT2D eigenvalue weighted by molar-refractivity contribution is 6.62. The molecule has 0 aromatic heterocycles. The van der Waals surface area contributed by atoms with Gasteiger partial charge < -0.3 is 4.90 Å². The molecule has 9 heavy (non-hydrogen) atoms. The third-order valence-corrected chi connectivity index (χ3v) is 1.13. The van der Waals surface area contributed by atoms with Crippen molar-refractivity contribution >= 4 is 17.0 Å². The molecule has 0 aliphatic rings. The van der Waals surface area contributed by atoms with Gasteiger partial charge in [0.1, 0.15) is 0 Å². The van der Waals surface area contributed by atoms with Gasteiger partial charge in [0.25, 0.3) is 0 Å². The van der Waals surface area contributed by atoms with Crippen LogP contribution in [0.15, 0.2) is 12.8 Å². The average Bonchev–Trinajstić information content (AvgIpc) is 1.82. The third kappa shape index (κ3) is 3.14. The summed E-state index contributed by atoms with van der Waals surface area (Å²) < 4.78 is 0. The van der Waals surface area contributed by atoms with Crippen LogP contribution in [0.2, 0.25) is 0 Å². The van der Waals surface area contributed by atoms with Crippen LogP contribution in [0, 0.1) is 0 Å². The minimum atomic E-state index is -0.466. The Kier molecular flexibility index (Phi) is 4.14. The van der Waals surface area contributed by atoms with Crippen molar-refractivity contribution in [3.8, 4) is 0 Å². The van der Waals surface area contributed by atoms with Crippen LogP contribution in [0.5, 0.6) is 0 Å². The van der Waals surface area contributed by atoms with Gasteiger partial charge in [-0.15, -0.1) is 0 Å². The third-order valence-electron chi connectivity index (χ3n) is 0.911. The number of carbonyl (C=O) groups excluding carboxylic acids is 1. The topological polar surface area (TPSA) is 20.3 Å². The zero-order chi connectivity index (χ0) is 7.28. The molecule has 0 aliphatic heterocycles. The number of amides is 1. The van der Waals surface area contributed by atoms with E-state index < -0.39 is 5.37 Å². The second kappa shape index (κ2) is 4.39. The van der Waals surface area contributed by atoms with E-state index in [1.54, 1.807) is 0 Å². The Bertz CT molecular complexity index is 114. The molecule has 0 saturated carbocycles. The average molecular weight is 148 g/mol. The molecule has 0 unspecified atom stereocenters. The van der Waals surface area contributed by atoms with E-state index in [-0.39, 0.29) is 0 Å². The maximum absolute atomic E-state index is 10.4. The number of hydrogen-bond acceptors (Lipinski definition) is 1. The summed E-state index contributed by atoms with van der Waals surface area (Å²) in [6, 6.07) is 0. The van der Waals surface area contributed by atoms with E-state index in [0.717, 1.165) is 6.42 Å². The fourth-order valence-corrected chi connectivity index (χ4v) is 0.645. The monoisotopic (exact) mass is 147 g/mol. The van der Waals surface area contributed by atoms with E-state index in [1.807, 2.05) is 6.92 Å². The zero-order valence-electron chi connectivity index (χ0n) is 5.43. The fraction of sp³-hybridized carbons (Fsp3) is 0.500. The highest BCUT2D eigenvalue weighted by Gasteiger charge is 2.02. The fourth-order valence-electron chi connectivity index (χ4n) is 0.492. The van der Waals surface area contributed by atoms with Gasteiger partial charge in [-0.05, 0) is 18.0 Å². The van der Waals surface area contributed by atoms with Gasteiger partial charge in [0, 0.05) is 12.7 Å². The molecule has 0 atom stereocenters. The molecular formula is C6H10ClNO. The summed E-state index contributed by atoms with van der Waals surface area (Å²) in [6.45, 7) is 6.03. The molecule has 1 amide bonds. The van der Waals surface area contributed by atoms with Crippen LogP contribution in [0.25, 0.3) is 0 Å². The standard InChI is InChI=1S/C6H10ClNO/c1-3-5-8(4-2)6(7)9/h4H,2-3,5H2,1H3. The molecule has 0 fully saturated rings. The van der Waals surface area contributed by atoms with Crippen LogP contribution >= 0.6 is 11.6 Å². The molecule has 2 nitrogen and oxygen atoms in total. The van der Waals surface area contributed by atoms with Gasteiger partial charge in [0.05, 0.1) is 0 Å². The molecule has 0 saturated heterocycles. The lowest BCUT2D eigenvalue weighted by Gasteiger charge is -2.11. The summed E-state index contributed by atoms with van der Waals surface area (Å²) in [6.07, 6.45) is 2.32. The Morgan fingerprint density at radius 1 is 1.89 bits per heavy atom. The van der Waals surface area contributed by atoms with E-state index in [4.69, 9.17) is 11.6 Å². The summed E-state index contributed by atoms with van der Waals surface area (Å²) in [7, 11) is 0. The molecule has 0 spiro atoms. The second-order valence-corrected chi connectivity index (χ2v) is 1.95. The van der Waals surface area contributed by atoms with Crippen LogP contribution in [0.1, 0.15) is 13.3 Å². The quantitative estimate of drug-likeness (QED) is 0.443. The van der Waals surface area contributed by atoms with Crippen molar-refractivity contribution in [3.63, 3.8) is 0 Å². The Hall–Kier alpha value is -0.500. The van der Waals surface area contributed by atoms with E-state index in [1.165, 1.54) is 11.1 Å². The van der Waals surface area contributed by atoms with E-state index in [9.17, 15) is 4.79 Å². The molecule has 52 valence electrons. The lowest BCUT2D eigenvalue weighted by atomic mass is 10.4. The van der Waals surface area contributed by atoms with Crippen molar-refractivity contribution in [2.45, 2.75) is 13.3 Å². The van der Waals surface area contributed by atoms with E-state index >= 15 is 0 Å². The molecule has 0 aromatic rings. The predicted octanol–water partition coefficient (Wildman–Crippen LogP) is 2.20. The van der Waals surface area contributed by atoms with Crippen molar-refractivity contribution in [1.82, 2.24) is 4.90 Å². The number of halogens is 1. The summed E-state index contributed by atoms with van der Waals surface area (Å²) in [5.41, 5.74) is 0. The normalized spacial score (nSPS) is 8.67. The van der Waals surface area contributed by atoms with Crippen LogP contribution in [-0.2, 0) is 0 Å². The van der Waals surface area contributed by atoms with Crippen molar-refractivity contribution in [2.24, 2.45) is 0 Å². The summed E-state index contributed by atoms with van der Waals surface area (Å²) >= 11 is 5.14. The lowest BCUT2D eigenvalue weighted by molar-refractivity contribution is 0.238. The molecule has 0 N–H and O–H groups in total. The van der Waals surface area contributed by atoms with Crippen molar-refractivity contribution in [2.75, 3.05) is 6.54 Å². The second-order valence-electron chi connectivity index (χ2n) is 1.63. The van der Waals surface area contributed by atoms with Gasteiger partial charge in [-0.25, -0.2) is 0 Å². The Morgan fingerprint density at radius 2 is 2.44 bits per heavy atom. The van der Waals surface area contributed by atoms with Gasteiger partial charge in [0.15, 0.2) is 0 Å². The van der Waals surface area contributed by atoms with Gasteiger partial charge in [-0.3, -0.25) is 4.79 Å². The highest BCUT2D eigenvalue weighted by atomic mass is 35.5. The van der Waals surface area contributed by atoms with Crippen LogP contribution in [-0.4, -0.2) is 16.8 Å². The number of hydrogen-bond donors (Lipinski definition) is 0. The van der Waals surface area contributed by atoms with Gasteiger partial charge in [0.2, 0.25) is 0 Å². The van der Waals surface area contributed by atoms with Crippen LogP contribution in [0.3, 0.4) is 0 Å². The Balaban J connectivity index is 3.68. The molecule has 0 radical (unpaired) electrons. The zero-order valence-corrected chi connectivity index (χ0v) is 6.19. The summed E-state index contributed by atoms with van der Waals surface area (Å²) in [5, 5.41) is -0.466. The van der Waals surface area contributed by atoms with E-state index in [0.29, 0.717) is 6.54 Å². The first-order valence-corrected chi connectivity index (χ1v) is 3.18. The van der Waals surface area contributed by atoms with Crippen LogP contribution < -0.4 is 0 Å². The molecule has 0 bridgehead atoms. The van der Waals surface area contributed by atoms with E-state index in [2.05, 4.69) is 6.58 Å². The number of carbonyl (C=O) groups is 1. The molecule has 0 heterocycles.